The Kier molecular flexibility index (Phi) is 44.4. The van der Waals surface area contributed by atoms with Crippen LogP contribution in [-0.2, 0) is 9.59 Å². The fourth-order valence-electron chi connectivity index (χ4n) is 5.32. The minimum absolute atomic E-state index is 0. The van der Waals surface area contributed by atoms with Gasteiger partial charge >= 0.3 is 37.7 Å². The summed E-state index contributed by atoms with van der Waals surface area (Å²) in [6.45, 7) is 4.38. The van der Waals surface area contributed by atoms with Crippen LogP contribution in [0, 0.1) is 0 Å². The Hall–Kier alpha value is 0.120. The molecule has 0 radical (unpaired) electrons. The summed E-state index contributed by atoms with van der Waals surface area (Å²) >= 11 is 0. The number of carboxylic acid groups (broad SMARTS) is 2. The standard InChI is InChI=1S/2C18H36O3.Ca/c2*1-2-3-11-14-17(19)15-12-9-7-5-4-6-8-10-13-16-18(20)21;/h2*17,19H,2-16H2,1H3,(H,20,21);/q;;+2/p-2. The second-order valence-corrected chi connectivity index (χ2v) is 12.5. The van der Waals surface area contributed by atoms with Crippen LogP contribution in [-0.4, -0.2) is 72.1 Å². The first-order valence-corrected chi connectivity index (χ1v) is 18.1. The molecule has 0 rings (SSSR count). The van der Waals surface area contributed by atoms with Gasteiger partial charge in [-0.25, -0.2) is 0 Å². The van der Waals surface area contributed by atoms with E-state index in [1.807, 2.05) is 0 Å². The normalized spacial score (nSPS) is 12.2. The van der Waals surface area contributed by atoms with Crippen molar-refractivity contribution < 1.29 is 30.0 Å². The number of carbonyl (C=O) groups is 2. The molecule has 0 bridgehead atoms. The summed E-state index contributed by atoms with van der Waals surface area (Å²) in [4.78, 5) is 20.5. The molecule has 0 heterocycles. The molecule has 2 unspecified atom stereocenters. The third-order valence-corrected chi connectivity index (χ3v) is 8.12. The molecule has 0 saturated carbocycles. The molecule has 0 saturated heterocycles. The Labute approximate surface area is 296 Å². The van der Waals surface area contributed by atoms with Crippen molar-refractivity contribution in [2.24, 2.45) is 0 Å². The van der Waals surface area contributed by atoms with Crippen LogP contribution in [0.1, 0.15) is 206 Å². The first-order chi connectivity index (χ1) is 20.3. The van der Waals surface area contributed by atoms with Gasteiger partial charge < -0.3 is 30.0 Å². The van der Waals surface area contributed by atoms with E-state index in [2.05, 4.69) is 13.8 Å². The molecule has 2 N–H and O–H groups in total. The zero-order chi connectivity index (χ0) is 31.5. The van der Waals surface area contributed by atoms with E-state index in [0.29, 0.717) is 0 Å². The molecule has 7 heteroatoms. The summed E-state index contributed by atoms with van der Waals surface area (Å²) in [5.41, 5.74) is 0. The number of carbonyl (C=O) groups excluding carboxylic acids is 2. The Bertz CT molecular complexity index is 512. The largest absolute Gasteiger partial charge is 2.00 e. The van der Waals surface area contributed by atoms with Gasteiger partial charge in [0.05, 0.1) is 12.2 Å². The van der Waals surface area contributed by atoms with Gasteiger partial charge in [0.25, 0.3) is 0 Å². The molecule has 0 aromatic carbocycles. The second-order valence-electron chi connectivity index (χ2n) is 12.5. The summed E-state index contributed by atoms with van der Waals surface area (Å²) in [5, 5.41) is 40.0. The topological polar surface area (TPSA) is 121 Å². The van der Waals surface area contributed by atoms with Crippen LogP contribution in [0.3, 0.4) is 0 Å². The van der Waals surface area contributed by atoms with E-state index in [4.69, 9.17) is 0 Å². The van der Waals surface area contributed by atoms with E-state index >= 15 is 0 Å². The van der Waals surface area contributed by atoms with Crippen LogP contribution in [0.2, 0.25) is 0 Å². The van der Waals surface area contributed by atoms with Gasteiger partial charge in [-0.2, -0.15) is 0 Å². The molecule has 6 nitrogen and oxygen atoms in total. The summed E-state index contributed by atoms with van der Waals surface area (Å²) in [6, 6.07) is 0. The number of aliphatic hydroxyl groups is 2. The Morgan fingerprint density at radius 2 is 0.628 bits per heavy atom. The summed E-state index contributed by atoms with van der Waals surface area (Å²) < 4.78 is 0. The third kappa shape index (κ3) is 46.7. The van der Waals surface area contributed by atoms with E-state index in [1.54, 1.807) is 0 Å². The first-order valence-electron chi connectivity index (χ1n) is 18.1. The number of unbranched alkanes of at least 4 members (excludes halogenated alkanes) is 20. The average Bonchev–Trinajstić information content (AvgIpc) is 2.95. The predicted octanol–water partition coefficient (Wildman–Crippen LogP) is 7.56. The van der Waals surface area contributed by atoms with Crippen LogP contribution in [0.15, 0.2) is 0 Å². The summed E-state index contributed by atoms with van der Waals surface area (Å²) in [6.07, 6.45) is 32.0. The zero-order valence-electron chi connectivity index (χ0n) is 28.6. The van der Waals surface area contributed by atoms with Crippen molar-refractivity contribution in [1.29, 1.82) is 0 Å². The van der Waals surface area contributed by atoms with E-state index in [1.165, 1.54) is 89.9 Å². The monoisotopic (exact) mass is 638 g/mol. The van der Waals surface area contributed by atoms with Gasteiger partial charge in [0.15, 0.2) is 0 Å². The Balaban J connectivity index is -0.000000727. The van der Waals surface area contributed by atoms with Gasteiger partial charge in [0, 0.05) is 11.9 Å². The molecule has 0 aliphatic carbocycles. The van der Waals surface area contributed by atoms with E-state index in [9.17, 15) is 30.0 Å². The molecule has 0 amide bonds. The van der Waals surface area contributed by atoms with E-state index in [-0.39, 0.29) is 62.8 Å². The minimum atomic E-state index is -0.924. The minimum Gasteiger partial charge on any atom is -0.550 e. The maximum absolute atomic E-state index is 10.2. The number of rotatable bonds is 32. The SMILES string of the molecule is CCCCCC(O)CCCCCCCCCCCC(=O)[O-].CCCCCC(O)CCCCCCCCCCCC(=O)[O-].[Ca+2]. The Morgan fingerprint density at radius 1 is 0.419 bits per heavy atom. The van der Waals surface area contributed by atoms with Crippen molar-refractivity contribution in [2.45, 2.75) is 219 Å². The van der Waals surface area contributed by atoms with E-state index in [0.717, 1.165) is 89.9 Å². The van der Waals surface area contributed by atoms with Gasteiger partial charge in [0.1, 0.15) is 0 Å². The molecular formula is C36H70CaO6. The number of aliphatic hydroxyl groups excluding tert-OH is 2. The predicted molar refractivity (Wildman–Crippen MR) is 178 cm³/mol. The molecule has 0 spiro atoms. The van der Waals surface area contributed by atoms with Crippen LogP contribution in [0.5, 0.6) is 0 Å². The van der Waals surface area contributed by atoms with Crippen molar-refractivity contribution in [1.82, 2.24) is 0 Å². The molecule has 0 aromatic heterocycles. The second kappa shape index (κ2) is 40.1. The van der Waals surface area contributed by atoms with Crippen molar-refractivity contribution >= 4 is 49.7 Å². The fourth-order valence-corrected chi connectivity index (χ4v) is 5.32. The van der Waals surface area contributed by atoms with Crippen molar-refractivity contribution in [2.75, 3.05) is 0 Å². The fraction of sp³-hybridized carbons (Fsp3) is 0.944. The first kappa shape index (κ1) is 47.5. The number of carboxylic acids is 2. The summed E-state index contributed by atoms with van der Waals surface area (Å²) in [7, 11) is 0. The van der Waals surface area contributed by atoms with Crippen molar-refractivity contribution in [3.05, 3.63) is 0 Å². The zero-order valence-corrected chi connectivity index (χ0v) is 30.8. The van der Waals surface area contributed by atoms with Crippen LogP contribution >= 0.6 is 0 Å². The van der Waals surface area contributed by atoms with E-state index < -0.39 is 11.9 Å². The Morgan fingerprint density at radius 3 is 0.860 bits per heavy atom. The van der Waals surface area contributed by atoms with Gasteiger partial charge in [-0.15, -0.1) is 0 Å². The van der Waals surface area contributed by atoms with Gasteiger partial charge in [0.2, 0.25) is 0 Å². The van der Waals surface area contributed by atoms with Crippen LogP contribution in [0.25, 0.3) is 0 Å². The van der Waals surface area contributed by atoms with Crippen molar-refractivity contribution in [3.63, 3.8) is 0 Å². The number of aliphatic carboxylic acids is 2. The molecule has 0 aliphatic rings. The smallest absolute Gasteiger partial charge is 0.550 e. The van der Waals surface area contributed by atoms with Gasteiger partial charge in [-0.1, -0.05) is 155 Å². The number of hydrogen-bond acceptors (Lipinski definition) is 6. The third-order valence-electron chi connectivity index (χ3n) is 8.12. The maximum Gasteiger partial charge on any atom is 2.00 e. The average molecular weight is 639 g/mol. The molecule has 252 valence electrons. The molecule has 0 aliphatic heterocycles. The molecule has 0 fully saturated rings. The van der Waals surface area contributed by atoms with Gasteiger partial charge in [-0.05, 0) is 51.4 Å². The van der Waals surface area contributed by atoms with Crippen LogP contribution < -0.4 is 10.2 Å². The van der Waals surface area contributed by atoms with Crippen LogP contribution in [0.4, 0.5) is 0 Å². The van der Waals surface area contributed by atoms with Gasteiger partial charge in [-0.3, -0.25) is 0 Å². The molecule has 43 heavy (non-hydrogen) atoms. The quantitative estimate of drug-likeness (QED) is 0.0580. The molecular weight excluding hydrogens is 568 g/mol. The molecule has 2 atom stereocenters. The number of hydrogen-bond donors (Lipinski definition) is 2. The maximum atomic E-state index is 10.2. The summed E-state index contributed by atoms with van der Waals surface area (Å²) in [5.74, 6) is -1.85. The molecule has 0 aromatic rings. The van der Waals surface area contributed by atoms with Crippen molar-refractivity contribution in [3.8, 4) is 0 Å².